The maximum Gasteiger partial charge on any atom is 0.330 e. The number of benzene rings is 2. The van der Waals surface area contributed by atoms with Crippen LogP contribution in [-0.4, -0.2) is 54.5 Å². The number of nitrogens with one attached hydrogen (secondary N) is 1. The summed E-state index contributed by atoms with van der Waals surface area (Å²) in [5.74, 6) is 0. The van der Waals surface area contributed by atoms with Gasteiger partial charge in [-0.15, -0.1) is 0 Å². The van der Waals surface area contributed by atoms with Gasteiger partial charge in [0.05, 0.1) is 43.4 Å². The molecular weight excluding hydrogens is 392 g/mol. The first-order chi connectivity index (χ1) is 15.2. The van der Waals surface area contributed by atoms with Gasteiger partial charge in [0.15, 0.2) is 0 Å². The monoisotopic (exact) mass is 420 g/mol. The first-order valence-corrected chi connectivity index (χ1v) is 11.0. The molecule has 2 aromatic carbocycles. The van der Waals surface area contributed by atoms with Crippen molar-refractivity contribution in [3.63, 3.8) is 0 Å². The Hall–Kier alpha value is -3.06. The SMILES string of the molecule is COc1nc2cc(N3[C@@H]4CC[C@H]3COC4)ccc2n1C(=O)NCCCc1ccccc1. The summed E-state index contributed by atoms with van der Waals surface area (Å²) in [6, 6.07) is 17.3. The van der Waals surface area contributed by atoms with Crippen molar-refractivity contribution >= 4 is 22.8 Å². The standard InChI is InChI=1S/C24H28N4O3/c1-30-24-26-21-14-18(27-19-9-10-20(27)16-31-15-19)11-12-22(21)28(24)23(29)25-13-5-8-17-6-3-2-4-7-17/h2-4,6-7,11-12,14,19-20H,5,8-10,13,15-16H2,1H3,(H,25,29)/t19-,20+. The number of carbonyl (C=O) groups is 1. The second-order valence-corrected chi connectivity index (χ2v) is 8.26. The Morgan fingerprint density at radius 2 is 1.94 bits per heavy atom. The van der Waals surface area contributed by atoms with Gasteiger partial charge in [-0.1, -0.05) is 30.3 Å². The highest BCUT2D eigenvalue weighted by molar-refractivity contribution is 5.92. The number of imidazole rings is 1. The minimum Gasteiger partial charge on any atom is -0.468 e. The van der Waals surface area contributed by atoms with Crippen molar-refractivity contribution in [3.8, 4) is 6.01 Å². The minimum absolute atomic E-state index is 0.216. The van der Waals surface area contributed by atoms with E-state index in [4.69, 9.17) is 9.47 Å². The highest BCUT2D eigenvalue weighted by Gasteiger charge is 2.37. The zero-order chi connectivity index (χ0) is 21.2. The lowest BCUT2D eigenvalue weighted by atomic mass is 10.1. The summed E-state index contributed by atoms with van der Waals surface area (Å²) < 4.78 is 12.7. The van der Waals surface area contributed by atoms with Crippen LogP contribution in [0.5, 0.6) is 6.01 Å². The van der Waals surface area contributed by atoms with E-state index in [2.05, 4.69) is 39.5 Å². The molecule has 0 unspecified atom stereocenters. The van der Waals surface area contributed by atoms with E-state index < -0.39 is 0 Å². The molecule has 2 atom stereocenters. The highest BCUT2D eigenvalue weighted by Crippen LogP contribution is 2.35. The molecule has 1 N–H and O–H groups in total. The summed E-state index contributed by atoms with van der Waals surface area (Å²) in [5.41, 5.74) is 3.92. The Bertz CT molecular complexity index is 1050. The van der Waals surface area contributed by atoms with E-state index in [0.717, 1.165) is 55.6 Å². The van der Waals surface area contributed by atoms with Crippen molar-refractivity contribution in [3.05, 3.63) is 54.1 Å². The van der Waals surface area contributed by atoms with E-state index in [0.29, 0.717) is 24.6 Å². The minimum atomic E-state index is -0.216. The second kappa shape index (κ2) is 8.59. The molecular formula is C24H28N4O3. The normalized spacial score (nSPS) is 20.2. The number of rotatable bonds is 6. The van der Waals surface area contributed by atoms with Crippen LogP contribution in [0.3, 0.4) is 0 Å². The summed E-state index contributed by atoms with van der Waals surface area (Å²) in [5, 5.41) is 3.00. The van der Waals surface area contributed by atoms with E-state index in [9.17, 15) is 4.79 Å². The molecule has 2 aliphatic rings. The average Bonchev–Trinajstić information content (AvgIpc) is 3.30. The summed E-state index contributed by atoms with van der Waals surface area (Å²) in [6.07, 6.45) is 4.11. The smallest absolute Gasteiger partial charge is 0.330 e. The zero-order valence-corrected chi connectivity index (χ0v) is 17.8. The number of methoxy groups -OCH3 is 1. The Morgan fingerprint density at radius 3 is 2.68 bits per heavy atom. The lowest BCUT2D eigenvalue weighted by Crippen LogP contribution is -2.45. The van der Waals surface area contributed by atoms with Crippen molar-refractivity contribution < 1.29 is 14.3 Å². The summed E-state index contributed by atoms with van der Waals surface area (Å²) in [4.78, 5) is 19.9. The third-order valence-electron chi connectivity index (χ3n) is 6.29. The lowest BCUT2D eigenvalue weighted by molar-refractivity contribution is 0.0907. The van der Waals surface area contributed by atoms with E-state index in [1.54, 1.807) is 7.11 Å². The van der Waals surface area contributed by atoms with Crippen LogP contribution in [0.2, 0.25) is 0 Å². The van der Waals surface area contributed by atoms with E-state index in [1.165, 1.54) is 10.1 Å². The van der Waals surface area contributed by atoms with Gasteiger partial charge in [0.25, 0.3) is 0 Å². The number of ether oxygens (including phenoxy) is 2. The van der Waals surface area contributed by atoms with Crippen molar-refractivity contribution in [2.45, 2.75) is 37.8 Å². The molecule has 5 rings (SSSR count). The van der Waals surface area contributed by atoms with Gasteiger partial charge in [0.2, 0.25) is 0 Å². The maximum absolute atomic E-state index is 12.9. The molecule has 162 valence electrons. The molecule has 2 bridgehead atoms. The van der Waals surface area contributed by atoms with Gasteiger partial charge >= 0.3 is 12.0 Å². The van der Waals surface area contributed by atoms with Crippen LogP contribution in [-0.2, 0) is 11.2 Å². The van der Waals surface area contributed by atoms with E-state index >= 15 is 0 Å². The van der Waals surface area contributed by atoms with Crippen molar-refractivity contribution in [1.29, 1.82) is 0 Å². The molecule has 2 fully saturated rings. The fraction of sp³-hybridized carbons (Fsp3) is 0.417. The second-order valence-electron chi connectivity index (χ2n) is 8.26. The molecule has 1 amide bonds. The van der Waals surface area contributed by atoms with Crippen LogP contribution in [0.15, 0.2) is 48.5 Å². The predicted molar refractivity (Wildman–Crippen MR) is 120 cm³/mol. The van der Waals surface area contributed by atoms with Gasteiger partial charge < -0.3 is 19.7 Å². The molecule has 3 heterocycles. The number of amides is 1. The summed E-state index contributed by atoms with van der Waals surface area (Å²) in [6.45, 7) is 2.14. The molecule has 2 saturated heterocycles. The van der Waals surface area contributed by atoms with Gasteiger partial charge in [-0.3, -0.25) is 0 Å². The topological polar surface area (TPSA) is 68.6 Å². The van der Waals surface area contributed by atoms with Crippen LogP contribution in [0, 0.1) is 0 Å². The molecule has 31 heavy (non-hydrogen) atoms. The molecule has 3 aromatic rings. The average molecular weight is 421 g/mol. The molecule has 0 radical (unpaired) electrons. The fourth-order valence-electron chi connectivity index (χ4n) is 4.80. The number of nitrogens with zero attached hydrogens (tertiary/aromatic N) is 3. The van der Waals surface area contributed by atoms with Crippen LogP contribution in [0.1, 0.15) is 24.8 Å². The van der Waals surface area contributed by atoms with Gasteiger partial charge in [0.1, 0.15) is 0 Å². The number of aromatic nitrogens is 2. The summed E-state index contributed by atoms with van der Waals surface area (Å²) >= 11 is 0. The number of hydrogen-bond acceptors (Lipinski definition) is 5. The zero-order valence-electron chi connectivity index (χ0n) is 17.8. The van der Waals surface area contributed by atoms with Gasteiger partial charge in [-0.25, -0.2) is 9.36 Å². The van der Waals surface area contributed by atoms with Crippen LogP contribution in [0.25, 0.3) is 11.0 Å². The number of anilines is 1. The number of fused-ring (bicyclic) bond motifs is 3. The van der Waals surface area contributed by atoms with Crippen molar-refractivity contribution in [2.24, 2.45) is 0 Å². The van der Waals surface area contributed by atoms with Crippen molar-refractivity contribution in [2.75, 3.05) is 31.8 Å². The maximum atomic E-state index is 12.9. The van der Waals surface area contributed by atoms with Crippen LogP contribution >= 0.6 is 0 Å². The third-order valence-corrected chi connectivity index (χ3v) is 6.29. The molecule has 2 aliphatic heterocycles. The Morgan fingerprint density at radius 1 is 1.16 bits per heavy atom. The number of hydrogen-bond donors (Lipinski definition) is 1. The molecule has 0 aliphatic carbocycles. The van der Waals surface area contributed by atoms with Crippen molar-refractivity contribution in [1.82, 2.24) is 14.9 Å². The first-order valence-electron chi connectivity index (χ1n) is 11.0. The predicted octanol–water partition coefficient (Wildman–Crippen LogP) is 3.60. The summed E-state index contributed by atoms with van der Waals surface area (Å²) in [7, 11) is 1.55. The van der Waals surface area contributed by atoms with Gasteiger partial charge in [-0.2, -0.15) is 4.98 Å². The number of aryl methyl sites for hydroxylation is 1. The van der Waals surface area contributed by atoms with Crippen LogP contribution < -0.4 is 15.0 Å². The molecule has 0 spiro atoms. The molecule has 7 nitrogen and oxygen atoms in total. The quantitative estimate of drug-likeness (QED) is 0.617. The molecule has 1 aromatic heterocycles. The Kier molecular flexibility index (Phi) is 5.51. The Balaban J connectivity index is 1.31. The van der Waals surface area contributed by atoms with Gasteiger partial charge in [-0.05, 0) is 49.4 Å². The van der Waals surface area contributed by atoms with E-state index in [-0.39, 0.29) is 6.03 Å². The first kappa shape index (κ1) is 19.9. The van der Waals surface area contributed by atoms with Crippen LogP contribution in [0.4, 0.5) is 10.5 Å². The lowest BCUT2D eigenvalue weighted by Gasteiger charge is -2.36. The largest absolute Gasteiger partial charge is 0.468 e. The Labute approximate surface area is 182 Å². The number of morpholine rings is 1. The highest BCUT2D eigenvalue weighted by atomic mass is 16.5. The van der Waals surface area contributed by atoms with E-state index in [1.807, 2.05) is 24.3 Å². The number of carbonyl (C=O) groups excluding carboxylic acids is 1. The molecule has 0 saturated carbocycles. The van der Waals surface area contributed by atoms with Gasteiger partial charge in [0, 0.05) is 12.2 Å². The fourth-order valence-corrected chi connectivity index (χ4v) is 4.80. The third kappa shape index (κ3) is 3.85. The molecule has 7 heteroatoms.